The second-order valence-electron chi connectivity index (χ2n) is 20.3. The standard InChI is InChI=1S/C49H66N2O10/c1-31-20-32(22-35(41(31)54)45(2,3)4)21-34(26-50)43(56)60-29-48(11,12)27-58-39(52)18-16-17-19-40(53)59-28-49(13,14)30-61-44(57)38(51-15)25-33-23-36(46(5,6)7)42(55)37(24-33)47(8,9)10/h20-25,54-55H,16-19,27-30H2,1-14H3/b34-21+,38-25-. The van der Waals surface area contributed by atoms with E-state index in [1.165, 1.54) is 12.2 Å². The molecule has 0 aliphatic carbocycles. The lowest BCUT2D eigenvalue weighted by molar-refractivity contribution is -0.153. The molecule has 0 saturated heterocycles. The highest BCUT2D eigenvalue weighted by Gasteiger charge is 2.29. The average molecular weight is 843 g/mol. The third-order valence-corrected chi connectivity index (χ3v) is 9.61. The van der Waals surface area contributed by atoms with Gasteiger partial charge >= 0.3 is 23.9 Å². The van der Waals surface area contributed by atoms with Gasteiger partial charge in [-0.05, 0) is 89.1 Å². The molecule has 0 amide bonds. The summed E-state index contributed by atoms with van der Waals surface area (Å²) in [7, 11) is 0. The van der Waals surface area contributed by atoms with Crippen LogP contribution in [0.1, 0.15) is 149 Å². The maximum atomic E-state index is 13.0. The summed E-state index contributed by atoms with van der Waals surface area (Å²) in [6.45, 7) is 33.8. The van der Waals surface area contributed by atoms with E-state index in [0.29, 0.717) is 46.2 Å². The zero-order valence-corrected chi connectivity index (χ0v) is 38.7. The molecular weight excluding hydrogens is 777 g/mol. The monoisotopic (exact) mass is 842 g/mol. The summed E-state index contributed by atoms with van der Waals surface area (Å²) in [4.78, 5) is 54.2. The number of esters is 4. The molecule has 0 spiro atoms. The summed E-state index contributed by atoms with van der Waals surface area (Å²) in [6.07, 6.45) is 3.74. The van der Waals surface area contributed by atoms with E-state index in [1.807, 2.05) is 68.4 Å². The van der Waals surface area contributed by atoms with Gasteiger partial charge in [0.25, 0.3) is 5.70 Å². The molecule has 2 rings (SSSR count). The summed E-state index contributed by atoms with van der Waals surface area (Å²) < 4.78 is 21.7. The highest BCUT2D eigenvalue weighted by molar-refractivity contribution is 5.98. The molecule has 2 N–H and O–H groups in total. The third-order valence-electron chi connectivity index (χ3n) is 9.61. The summed E-state index contributed by atoms with van der Waals surface area (Å²) in [5, 5.41) is 31.2. The van der Waals surface area contributed by atoms with Gasteiger partial charge in [0.15, 0.2) is 0 Å². The number of phenolic OH excluding ortho intramolecular Hbond substituents is 2. The normalized spacial score (nSPS) is 12.9. The number of unbranched alkanes of at least 4 members (excludes halogenated alkanes) is 1. The molecule has 0 aromatic heterocycles. The predicted octanol–water partition coefficient (Wildman–Crippen LogP) is 9.95. The first kappa shape index (κ1) is 51.5. The number of nitrogens with zero attached hydrogens (tertiary/aromatic N) is 2. The lowest BCUT2D eigenvalue weighted by Crippen LogP contribution is -2.29. The molecule has 0 heterocycles. The van der Waals surface area contributed by atoms with Crippen LogP contribution in [-0.4, -0.2) is 60.5 Å². The van der Waals surface area contributed by atoms with Crippen molar-refractivity contribution < 1.29 is 48.3 Å². The van der Waals surface area contributed by atoms with E-state index in [1.54, 1.807) is 58.9 Å². The molecule has 61 heavy (non-hydrogen) atoms. The molecule has 12 nitrogen and oxygen atoms in total. The Bertz CT molecular complexity index is 2050. The van der Waals surface area contributed by atoms with Crippen LogP contribution >= 0.6 is 0 Å². The predicted molar refractivity (Wildman–Crippen MR) is 235 cm³/mol. The molecular formula is C49H66N2O10. The van der Waals surface area contributed by atoms with Crippen molar-refractivity contribution in [1.82, 2.24) is 0 Å². The van der Waals surface area contributed by atoms with Gasteiger partial charge < -0.3 is 29.2 Å². The lowest BCUT2D eigenvalue weighted by atomic mass is 9.78. The maximum Gasteiger partial charge on any atom is 0.348 e. The third kappa shape index (κ3) is 16.4. The van der Waals surface area contributed by atoms with Crippen molar-refractivity contribution in [3.8, 4) is 17.6 Å². The summed E-state index contributed by atoms with van der Waals surface area (Å²) in [5.41, 5.74) is 0.783. The molecule has 0 saturated carbocycles. The zero-order chi connectivity index (χ0) is 46.7. The first-order valence-electron chi connectivity index (χ1n) is 20.5. The Balaban J connectivity index is 1.82. The van der Waals surface area contributed by atoms with E-state index >= 15 is 0 Å². The van der Waals surface area contributed by atoms with Gasteiger partial charge in [-0.25, -0.2) is 9.64 Å². The maximum absolute atomic E-state index is 13.0. The molecule has 2 aromatic carbocycles. The molecule has 0 unspecified atom stereocenters. The van der Waals surface area contributed by atoms with Crippen molar-refractivity contribution >= 4 is 36.0 Å². The van der Waals surface area contributed by atoms with Crippen LogP contribution in [0.25, 0.3) is 17.0 Å². The van der Waals surface area contributed by atoms with Crippen molar-refractivity contribution in [3.63, 3.8) is 0 Å². The number of benzene rings is 2. The van der Waals surface area contributed by atoms with Gasteiger partial charge in [-0.3, -0.25) is 14.4 Å². The van der Waals surface area contributed by atoms with Crippen LogP contribution in [0.2, 0.25) is 0 Å². The smallest absolute Gasteiger partial charge is 0.348 e. The van der Waals surface area contributed by atoms with Crippen molar-refractivity contribution in [2.45, 2.75) is 139 Å². The van der Waals surface area contributed by atoms with Gasteiger partial charge in [-0.15, -0.1) is 0 Å². The Hall–Kier alpha value is -5.62. The number of hydrogen-bond donors (Lipinski definition) is 2. The first-order chi connectivity index (χ1) is 27.9. The topological polar surface area (TPSA) is 174 Å². The molecule has 0 atom stereocenters. The van der Waals surface area contributed by atoms with Crippen molar-refractivity contribution in [1.29, 1.82) is 5.26 Å². The van der Waals surface area contributed by atoms with Crippen LogP contribution in [0.4, 0.5) is 0 Å². The van der Waals surface area contributed by atoms with Crippen molar-refractivity contribution in [3.05, 3.63) is 80.3 Å². The molecule has 0 radical (unpaired) electrons. The van der Waals surface area contributed by atoms with E-state index in [0.717, 1.165) is 0 Å². The minimum Gasteiger partial charge on any atom is -0.507 e. The number of rotatable bonds is 17. The largest absolute Gasteiger partial charge is 0.507 e. The Morgan fingerprint density at radius 1 is 0.623 bits per heavy atom. The van der Waals surface area contributed by atoms with E-state index in [-0.39, 0.29) is 67.5 Å². The summed E-state index contributed by atoms with van der Waals surface area (Å²) in [5.74, 6) is -2.23. The molecule has 0 bridgehead atoms. The molecule has 0 fully saturated rings. The lowest BCUT2D eigenvalue weighted by Gasteiger charge is -2.28. The van der Waals surface area contributed by atoms with E-state index in [9.17, 15) is 34.7 Å². The van der Waals surface area contributed by atoms with Crippen LogP contribution in [0.5, 0.6) is 11.5 Å². The molecule has 0 aliphatic rings. The highest BCUT2D eigenvalue weighted by Crippen LogP contribution is 2.40. The Morgan fingerprint density at radius 3 is 1.39 bits per heavy atom. The van der Waals surface area contributed by atoms with Crippen molar-refractivity contribution in [2.24, 2.45) is 10.8 Å². The van der Waals surface area contributed by atoms with Gasteiger partial charge in [-0.1, -0.05) is 90.0 Å². The fraction of sp³-hybridized carbons (Fsp3) is 0.551. The Kier molecular flexibility index (Phi) is 17.5. The van der Waals surface area contributed by atoms with Gasteiger partial charge in [0.05, 0.1) is 26.4 Å². The molecule has 12 heteroatoms. The molecule has 332 valence electrons. The van der Waals surface area contributed by atoms with Crippen molar-refractivity contribution in [2.75, 3.05) is 26.4 Å². The number of aromatic hydroxyl groups is 2. The van der Waals surface area contributed by atoms with Gasteiger partial charge in [-0.2, -0.15) is 5.26 Å². The first-order valence-corrected chi connectivity index (χ1v) is 20.5. The van der Waals surface area contributed by atoms with E-state index < -0.39 is 45.5 Å². The highest BCUT2D eigenvalue weighted by atomic mass is 16.6. The number of carbonyl (C=O) groups excluding carboxylic acids is 4. The number of aryl methyl sites for hydroxylation is 1. The molecule has 2 aromatic rings. The zero-order valence-electron chi connectivity index (χ0n) is 38.7. The van der Waals surface area contributed by atoms with Gasteiger partial charge in [0, 0.05) is 40.4 Å². The second kappa shape index (κ2) is 20.8. The molecule has 0 aliphatic heterocycles. The van der Waals surface area contributed by atoms with Gasteiger partial charge in [0.1, 0.15) is 29.7 Å². The second-order valence-corrected chi connectivity index (χ2v) is 20.3. The number of carbonyl (C=O) groups is 4. The minimum absolute atomic E-state index is 0.0417. The average Bonchev–Trinajstić information content (AvgIpc) is 3.14. The number of phenols is 2. The fourth-order valence-corrected chi connectivity index (χ4v) is 5.94. The minimum atomic E-state index is -0.820. The van der Waals surface area contributed by atoms with Crippen LogP contribution in [0, 0.1) is 35.7 Å². The number of hydrogen-bond acceptors (Lipinski definition) is 11. The van der Waals surface area contributed by atoms with Gasteiger partial charge in [0.2, 0.25) is 0 Å². The van der Waals surface area contributed by atoms with Crippen LogP contribution < -0.4 is 0 Å². The van der Waals surface area contributed by atoms with E-state index in [4.69, 9.17) is 25.5 Å². The number of nitriles is 1. The Labute approximate surface area is 362 Å². The Morgan fingerprint density at radius 2 is 1.00 bits per heavy atom. The summed E-state index contributed by atoms with van der Waals surface area (Å²) in [6, 6.07) is 8.85. The SMILES string of the molecule is [C-]#[N+]/C(=C\c1cc(C(C)(C)C)c(O)c(C(C)(C)C)c1)C(=O)OCC(C)(C)COC(=O)CCCCC(=O)OCC(C)(C)COC(=O)/C(C#N)=C/c1cc(C)c(O)c(C(C)(C)C)c1. The van der Waals surface area contributed by atoms with Crippen LogP contribution in [0.3, 0.4) is 0 Å². The fourth-order valence-electron chi connectivity index (χ4n) is 5.94. The quantitative estimate of drug-likeness (QED) is 0.0387. The number of ether oxygens (including phenoxy) is 4. The van der Waals surface area contributed by atoms with Crippen LogP contribution in [-0.2, 0) is 54.4 Å². The summed E-state index contributed by atoms with van der Waals surface area (Å²) >= 11 is 0. The van der Waals surface area contributed by atoms with E-state index in [2.05, 4.69) is 4.85 Å². The van der Waals surface area contributed by atoms with Crippen LogP contribution in [0.15, 0.2) is 35.5 Å².